The van der Waals surface area contributed by atoms with Crippen LogP contribution in [0, 0.1) is 5.92 Å². The fraction of sp³-hybridized carbons (Fsp3) is 0.556. The molecule has 1 aliphatic heterocycles. The third kappa shape index (κ3) is 2.30. The quantitative estimate of drug-likeness (QED) is 0.842. The van der Waals surface area contributed by atoms with Crippen molar-refractivity contribution in [2.45, 2.75) is 12.8 Å². The summed E-state index contributed by atoms with van der Waals surface area (Å²) < 4.78 is 0. The third-order valence-electron chi connectivity index (χ3n) is 2.33. The predicted molar refractivity (Wildman–Crippen MR) is 59.0 cm³/mol. The van der Waals surface area contributed by atoms with Crippen LogP contribution in [0.2, 0.25) is 5.02 Å². The van der Waals surface area contributed by atoms with Crippen molar-refractivity contribution in [1.82, 2.24) is 10.2 Å². The molecule has 1 aromatic rings. The van der Waals surface area contributed by atoms with Gasteiger partial charge in [-0.05, 0) is 36.3 Å². The number of thioether (sulfide) groups is 1. The topological polar surface area (TPSA) is 45.8 Å². The lowest BCUT2D eigenvalue weighted by Crippen LogP contribution is -2.12. The molecule has 2 rings (SSSR count). The van der Waals surface area contributed by atoms with Crippen molar-refractivity contribution >= 4 is 23.4 Å². The van der Waals surface area contributed by atoms with Gasteiger partial charge < -0.3 is 0 Å². The summed E-state index contributed by atoms with van der Waals surface area (Å²) in [7, 11) is 0. The fourth-order valence-electron chi connectivity index (χ4n) is 1.56. The second-order valence-corrected chi connectivity index (χ2v) is 5.03. The molecule has 0 aliphatic carbocycles. The second-order valence-electron chi connectivity index (χ2n) is 3.47. The Hall–Kier alpha value is -0.480. The smallest absolute Gasteiger partial charge is 0.266 e. The van der Waals surface area contributed by atoms with Gasteiger partial charge in [0, 0.05) is 0 Å². The van der Waals surface area contributed by atoms with E-state index in [9.17, 15) is 4.79 Å². The van der Waals surface area contributed by atoms with E-state index in [1.165, 1.54) is 17.9 Å². The van der Waals surface area contributed by atoms with Gasteiger partial charge in [-0.15, -0.1) is 0 Å². The Kier molecular flexibility index (Phi) is 3.13. The molecule has 1 N–H and O–H groups in total. The summed E-state index contributed by atoms with van der Waals surface area (Å²) in [6.45, 7) is 0. The molecule has 1 aromatic heterocycles. The number of hydrogen-bond acceptors (Lipinski definition) is 3. The van der Waals surface area contributed by atoms with Crippen molar-refractivity contribution in [2.75, 3.05) is 11.5 Å². The van der Waals surface area contributed by atoms with Crippen LogP contribution < -0.4 is 5.56 Å². The Balaban J connectivity index is 2.09. The summed E-state index contributed by atoms with van der Waals surface area (Å²) in [5, 5.41) is 6.61. The highest BCUT2D eigenvalue weighted by Gasteiger charge is 2.16. The minimum atomic E-state index is -0.309. The first-order chi connectivity index (χ1) is 6.75. The van der Waals surface area contributed by atoms with Crippen molar-refractivity contribution in [1.29, 1.82) is 0 Å². The predicted octanol–water partition coefficient (Wildman–Crippen LogP) is 1.72. The van der Waals surface area contributed by atoms with Crippen molar-refractivity contribution < 1.29 is 0 Å². The molecule has 0 aromatic carbocycles. The molecule has 1 atom stereocenters. The molecular weight excluding hydrogens is 220 g/mol. The van der Waals surface area contributed by atoms with Gasteiger partial charge in [-0.1, -0.05) is 11.6 Å². The number of halogens is 1. The largest absolute Gasteiger partial charge is 0.282 e. The van der Waals surface area contributed by atoms with Crippen LogP contribution in [-0.2, 0) is 6.42 Å². The number of aromatic nitrogens is 2. The Labute approximate surface area is 91.2 Å². The van der Waals surface area contributed by atoms with Crippen molar-refractivity contribution in [2.24, 2.45) is 5.92 Å². The maximum atomic E-state index is 11.0. The van der Waals surface area contributed by atoms with Crippen LogP contribution in [0.15, 0.2) is 10.9 Å². The molecule has 1 saturated heterocycles. The molecule has 0 bridgehead atoms. The number of nitrogens with zero attached hydrogens (tertiary/aromatic N) is 1. The van der Waals surface area contributed by atoms with Gasteiger partial charge in [-0.3, -0.25) is 4.79 Å². The lowest BCUT2D eigenvalue weighted by Gasteiger charge is -2.06. The van der Waals surface area contributed by atoms with Crippen LogP contribution in [0.4, 0.5) is 0 Å². The summed E-state index contributed by atoms with van der Waals surface area (Å²) in [6.07, 6.45) is 2.16. The van der Waals surface area contributed by atoms with Gasteiger partial charge in [0.1, 0.15) is 5.02 Å². The van der Waals surface area contributed by atoms with E-state index in [-0.39, 0.29) is 10.6 Å². The van der Waals surface area contributed by atoms with Crippen LogP contribution in [0.1, 0.15) is 12.1 Å². The molecule has 0 radical (unpaired) electrons. The highest BCUT2D eigenvalue weighted by atomic mass is 35.5. The van der Waals surface area contributed by atoms with Crippen LogP contribution in [0.3, 0.4) is 0 Å². The van der Waals surface area contributed by atoms with Gasteiger partial charge in [-0.2, -0.15) is 16.9 Å². The number of aromatic amines is 1. The zero-order valence-corrected chi connectivity index (χ0v) is 9.20. The van der Waals surface area contributed by atoms with Crippen LogP contribution in [0.5, 0.6) is 0 Å². The van der Waals surface area contributed by atoms with Gasteiger partial charge >= 0.3 is 0 Å². The summed E-state index contributed by atoms with van der Waals surface area (Å²) in [5.41, 5.74) is 0.582. The van der Waals surface area contributed by atoms with Crippen molar-refractivity contribution in [3.63, 3.8) is 0 Å². The lowest BCUT2D eigenvalue weighted by atomic mass is 10.0. The molecule has 5 heteroatoms. The normalized spacial score (nSPS) is 21.4. The van der Waals surface area contributed by atoms with E-state index in [0.29, 0.717) is 5.92 Å². The Bertz CT molecular complexity index is 373. The highest BCUT2D eigenvalue weighted by Crippen LogP contribution is 2.26. The van der Waals surface area contributed by atoms with Crippen LogP contribution in [0.25, 0.3) is 0 Å². The van der Waals surface area contributed by atoms with E-state index in [4.69, 9.17) is 11.6 Å². The van der Waals surface area contributed by atoms with E-state index in [2.05, 4.69) is 10.2 Å². The minimum absolute atomic E-state index is 0.237. The van der Waals surface area contributed by atoms with E-state index >= 15 is 0 Å². The zero-order chi connectivity index (χ0) is 9.97. The SMILES string of the molecule is O=c1[nH]nc(CC2CCSC2)cc1Cl. The summed E-state index contributed by atoms with van der Waals surface area (Å²) in [5.74, 6) is 3.12. The number of hydrogen-bond donors (Lipinski definition) is 1. The van der Waals surface area contributed by atoms with E-state index in [1.54, 1.807) is 6.07 Å². The molecule has 14 heavy (non-hydrogen) atoms. The van der Waals surface area contributed by atoms with Crippen molar-refractivity contribution in [3.05, 3.63) is 27.1 Å². The minimum Gasteiger partial charge on any atom is -0.266 e. The molecule has 0 saturated carbocycles. The number of rotatable bonds is 2. The molecule has 2 heterocycles. The molecule has 76 valence electrons. The van der Waals surface area contributed by atoms with Gasteiger partial charge in [0.25, 0.3) is 5.56 Å². The maximum absolute atomic E-state index is 11.0. The first kappa shape index (κ1) is 10.1. The first-order valence-electron chi connectivity index (χ1n) is 4.57. The van der Waals surface area contributed by atoms with E-state index < -0.39 is 0 Å². The first-order valence-corrected chi connectivity index (χ1v) is 6.11. The van der Waals surface area contributed by atoms with Gasteiger partial charge in [0.2, 0.25) is 0 Å². The van der Waals surface area contributed by atoms with Crippen molar-refractivity contribution in [3.8, 4) is 0 Å². The number of H-pyrrole nitrogens is 1. The molecule has 1 unspecified atom stereocenters. The molecular formula is C9H11ClN2OS. The Morgan fingerprint density at radius 1 is 1.71 bits per heavy atom. The van der Waals surface area contributed by atoms with Gasteiger partial charge in [-0.25, -0.2) is 5.10 Å². The average Bonchev–Trinajstić information content (AvgIpc) is 2.64. The van der Waals surface area contributed by atoms with Gasteiger partial charge in [0.05, 0.1) is 5.69 Å². The Morgan fingerprint density at radius 3 is 3.21 bits per heavy atom. The molecule has 3 nitrogen and oxygen atoms in total. The number of nitrogens with one attached hydrogen (secondary N) is 1. The standard InChI is InChI=1S/C9H11ClN2OS/c10-8-4-7(11-12-9(8)13)3-6-1-2-14-5-6/h4,6H,1-3,5H2,(H,12,13). The van der Waals surface area contributed by atoms with E-state index in [0.717, 1.165) is 12.1 Å². The van der Waals surface area contributed by atoms with Crippen LogP contribution in [-0.4, -0.2) is 21.7 Å². The molecule has 1 aliphatic rings. The maximum Gasteiger partial charge on any atom is 0.282 e. The monoisotopic (exact) mass is 230 g/mol. The zero-order valence-electron chi connectivity index (χ0n) is 7.62. The lowest BCUT2D eigenvalue weighted by molar-refractivity contribution is 0.581. The summed E-state index contributed by atoms with van der Waals surface area (Å²) >= 11 is 7.69. The molecule has 1 fully saturated rings. The highest BCUT2D eigenvalue weighted by molar-refractivity contribution is 7.99. The molecule has 0 spiro atoms. The van der Waals surface area contributed by atoms with Gasteiger partial charge in [0.15, 0.2) is 0 Å². The summed E-state index contributed by atoms with van der Waals surface area (Å²) in [4.78, 5) is 11.0. The average molecular weight is 231 g/mol. The molecule has 0 amide bonds. The third-order valence-corrected chi connectivity index (χ3v) is 3.85. The summed E-state index contributed by atoms with van der Waals surface area (Å²) in [6, 6.07) is 1.67. The second kappa shape index (κ2) is 4.36. The van der Waals surface area contributed by atoms with Crippen LogP contribution >= 0.6 is 23.4 Å². The Morgan fingerprint density at radius 2 is 2.57 bits per heavy atom. The van der Waals surface area contributed by atoms with E-state index in [1.807, 2.05) is 11.8 Å². The fourth-order valence-corrected chi connectivity index (χ4v) is 3.02.